The summed E-state index contributed by atoms with van der Waals surface area (Å²) >= 11 is 0. The van der Waals surface area contributed by atoms with Gasteiger partial charge in [0.15, 0.2) is 5.82 Å². The minimum Gasteiger partial charge on any atom is -0.373 e. The fraction of sp³-hybridized carbons (Fsp3) is 0.375. The molecule has 0 unspecified atom stereocenters. The molecule has 0 fully saturated rings. The van der Waals surface area contributed by atoms with Crippen LogP contribution in [-0.2, 0) is 6.42 Å². The van der Waals surface area contributed by atoms with Crippen LogP contribution >= 0.6 is 0 Å². The minimum atomic E-state index is 0.797. The first-order valence-corrected chi connectivity index (χ1v) is 6.69. The number of aromatic nitrogens is 2. The molecule has 1 aromatic carbocycles. The first-order valence-electron chi connectivity index (χ1n) is 6.69. The van der Waals surface area contributed by atoms with Gasteiger partial charge >= 0.3 is 0 Å². The van der Waals surface area contributed by atoms with Crippen LogP contribution in [0.15, 0.2) is 18.2 Å². The Labute approximate surface area is 115 Å². The van der Waals surface area contributed by atoms with E-state index in [-0.39, 0.29) is 0 Å². The van der Waals surface area contributed by atoms with Crippen LogP contribution in [-0.4, -0.2) is 17.0 Å². The lowest BCUT2D eigenvalue weighted by atomic mass is 10.1. The van der Waals surface area contributed by atoms with Crippen LogP contribution in [0, 0.1) is 20.8 Å². The average Bonchev–Trinajstić information content (AvgIpc) is 2.36. The Morgan fingerprint density at radius 3 is 2.16 bits per heavy atom. The van der Waals surface area contributed by atoms with Crippen LogP contribution in [0.3, 0.4) is 0 Å². The molecule has 0 aliphatic carbocycles. The fourth-order valence-corrected chi connectivity index (χ4v) is 2.46. The lowest BCUT2D eigenvalue weighted by Gasteiger charge is -2.12. The van der Waals surface area contributed by atoms with E-state index in [1.165, 1.54) is 16.7 Å². The van der Waals surface area contributed by atoms with Crippen molar-refractivity contribution >= 4 is 5.82 Å². The molecule has 0 amide bonds. The first-order chi connectivity index (χ1) is 9.05. The smallest absolute Gasteiger partial charge is 0.161 e. The molecule has 2 aromatic rings. The SMILES string of the molecule is CCc1c(C)nc(-c2cc(C)cc(C)c2)nc1NC. The Morgan fingerprint density at radius 2 is 1.63 bits per heavy atom. The molecule has 0 aliphatic rings. The minimum absolute atomic E-state index is 0.797. The van der Waals surface area contributed by atoms with Gasteiger partial charge in [-0.1, -0.05) is 24.1 Å². The molecule has 3 nitrogen and oxygen atoms in total. The zero-order valence-corrected chi connectivity index (χ0v) is 12.3. The average molecular weight is 255 g/mol. The highest BCUT2D eigenvalue weighted by Crippen LogP contribution is 2.24. The lowest BCUT2D eigenvalue weighted by molar-refractivity contribution is 1.00. The lowest BCUT2D eigenvalue weighted by Crippen LogP contribution is -2.05. The van der Waals surface area contributed by atoms with Crippen molar-refractivity contribution in [1.82, 2.24) is 9.97 Å². The van der Waals surface area contributed by atoms with Gasteiger partial charge in [-0.25, -0.2) is 9.97 Å². The summed E-state index contributed by atoms with van der Waals surface area (Å²) < 4.78 is 0. The Bertz CT molecular complexity index is 583. The van der Waals surface area contributed by atoms with Crippen molar-refractivity contribution in [3.05, 3.63) is 40.6 Å². The van der Waals surface area contributed by atoms with Gasteiger partial charge in [-0.05, 0) is 39.3 Å². The van der Waals surface area contributed by atoms with E-state index in [1.54, 1.807) is 0 Å². The molecule has 0 saturated heterocycles. The third-order valence-corrected chi connectivity index (χ3v) is 3.28. The van der Waals surface area contributed by atoms with Crippen molar-refractivity contribution in [2.24, 2.45) is 0 Å². The molecule has 19 heavy (non-hydrogen) atoms. The second kappa shape index (κ2) is 5.39. The zero-order valence-electron chi connectivity index (χ0n) is 12.3. The zero-order chi connectivity index (χ0) is 14.0. The van der Waals surface area contributed by atoms with Gasteiger partial charge in [0.05, 0.1) is 0 Å². The first kappa shape index (κ1) is 13.5. The summed E-state index contributed by atoms with van der Waals surface area (Å²) in [5.74, 6) is 1.73. The van der Waals surface area contributed by atoms with E-state index in [9.17, 15) is 0 Å². The molecular weight excluding hydrogens is 234 g/mol. The van der Waals surface area contributed by atoms with Gasteiger partial charge in [0, 0.05) is 23.9 Å². The topological polar surface area (TPSA) is 37.8 Å². The molecular formula is C16H21N3. The molecule has 1 heterocycles. The van der Waals surface area contributed by atoms with E-state index >= 15 is 0 Å². The third kappa shape index (κ3) is 2.75. The molecule has 3 heteroatoms. The number of rotatable bonds is 3. The van der Waals surface area contributed by atoms with Gasteiger partial charge in [0.2, 0.25) is 0 Å². The van der Waals surface area contributed by atoms with Crippen molar-refractivity contribution in [3.8, 4) is 11.4 Å². The summed E-state index contributed by atoms with van der Waals surface area (Å²) in [4.78, 5) is 9.31. The fourth-order valence-electron chi connectivity index (χ4n) is 2.46. The summed E-state index contributed by atoms with van der Waals surface area (Å²) in [5.41, 5.74) is 5.80. The Morgan fingerprint density at radius 1 is 1.00 bits per heavy atom. The maximum Gasteiger partial charge on any atom is 0.161 e. The van der Waals surface area contributed by atoms with Crippen LogP contribution in [0.2, 0.25) is 0 Å². The molecule has 0 radical (unpaired) electrons. The Kier molecular flexibility index (Phi) is 3.84. The van der Waals surface area contributed by atoms with Crippen molar-refractivity contribution in [3.63, 3.8) is 0 Å². The second-order valence-electron chi connectivity index (χ2n) is 4.94. The molecule has 0 spiro atoms. The molecule has 0 aliphatic heterocycles. The Balaban J connectivity index is 2.59. The van der Waals surface area contributed by atoms with Gasteiger partial charge in [-0.2, -0.15) is 0 Å². The molecule has 2 rings (SSSR count). The van der Waals surface area contributed by atoms with Crippen LogP contribution < -0.4 is 5.32 Å². The molecule has 0 saturated carbocycles. The molecule has 1 N–H and O–H groups in total. The quantitative estimate of drug-likeness (QED) is 0.909. The van der Waals surface area contributed by atoms with Gasteiger partial charge in [-0.3, -0.25) is 0 Å². The Hall–Kier alpha value is -1.90. The number of nitrogens with one attached hydrogen (secondary N) is 1. The summed E-state index contributed by atoms with van der Waals surface area (Å²) in [6.45, 7) is 8.38. The standard InChI is InChI=1S/C16H21N3/c1-6-14-12(4)18-15(19-16(14)17-5)13-8-10(2)7-11(3)9-13/h7-9H,6H2,1-5H3,(H,17,18,19). The number of aryl methyl sites for hydroxylation is 3. The second-order valence-corrected chi connectivity index (χ2v) is 4.94. The van der Waals surface area contributed by atoms with Gasteiger partial charge in [-0.15, -0.1) is 0 Å². The van der Waals surface area contributed by atoms with Crippen molar-refractivity contribution < 1.29 is 0 Å². The van der Waals surface area contributed by atoms with E-state index < -0.39 is 0 Å². The molecule has 1 aromatic heterocycles. The van der Waals surface area contributed by atoms with Crippen LogP contribution in [0.25, 0.3) is 11.4 Å². The largest absolute Gasteiger partial charge is 0.373 e. The van der Waals surface area contributed by atoms with E-state index in [4.69, 9.17) is 0 Å². The maximum atomic E-state index is 4.65. The highest BCUT2D eigenvalue weighted by molar-refractivity contribution is 5.61. The number of nitrogens with zero attached hydrogens (tertiary/aromatic N) is 2. The molecule has 0 bridgehead atoms. The van der Waals surface area contributed by atoms with Crippen LogP contribution in [0.1, 0.15) is 29.3 Å². The van der Waals surface area contributed by atoms with Gasteiger partial charge in [0.1, 0.15) is 5.82 Å². The van der Waals surface area contributed by atoms with Crippen molar-refractivity contribution in [2.75, 3.05) is 12.4 Å². The summed E-state index contributed by atoms with van der Waals surface area (Å²) in [5, 5.41) is 3.18. The predicted molar refractivity (Wildman–Crippen MR) is 80.6 cm³/mol. The number of anilines is 1. The van der Waals surface area contributed by atoms with Crippen LogP contribution in [0.5, 0.6) is 0 Å². The number of benzene rings is 1. The maximum absolute atomic E-state index is 4.65. The summed E-state index contributed by atoms with van der Waals surface area (Å²) in [6, 6.07) is 6.43. The van der Waals surface area contributed by atoms with Gasteiger partial charge in [0.25, 0.3) is 0 Å². The number of hydrogen-bond donors (Lipinski definition) is 1. The monoisotopic (exact) mass is 255 g/mol. The van der Waals surface area contributed by atoms with Crippen molar-refractivity contribution in [1.29, 1.82) is 0 Å². The van der Waals surface area contributed by atoms with E-state index in [0.717, 1.165) is 29.3 Å². The third-order valence-electron chi connectivity index (χ3n) is 3.28. The number of hydrogen-bond acceptors (Lipinski definition) is 3. The molecule has 100 valence electrons. The normalized spacial score (nSPS) is 10.6. The van der Waals surface area contributed by atoms with E-state index in [0.29, 0.717) is 0 Å². The van der Waals surface area contributed by atoms with Crippen LogP contribution in [0.4, 0.5) is 5.82 Å². The van der Waals surface area contributed by atoms with Gasteiger partial charge < -0.3 is 5.32 Å². The summed E-state index contributed by atoms with van der Waals surface area (Å²) in [7, 11) is 1.91. The highest BCUT2D eigenvalue weighted by Gasteiger charge is 2.11. The summed E-state index contributed by atoms with van der Waals surface area (Å²) in [6.07, 6.45) is 0.940. The van der Waals surface area contributed by atoms with E-state index in [1.807, 2.05) is 14.0 Å². The highest BCUT2D eigenvalue weighted by atomic mass is 15.0. The van der Waals surface area contributed by atoms with E-state index in [2.05, 4.69) is 54.3 Å². The van der Waals surface area contributed by atoms with Crippen molar-refractivity contribution in [2.45, 2.75) is 34.1 Å². The molecule has 0 atom stereocenters. The predicted octanol–water partition coefficient (Wildman–Crippen LogP) is 3.67.